The molecule has 0 aliphatic heterocycles. The van der Waals surface area contributed by atoms with Gasteiger partial charge in [-0.2, -0.15) is 0 Å². The molecule has 0 saturated heterocycles. The number of hydrogen-bond donors (Lipinski definition) is 2. The van der Waals surface area contributed by atoms with Crippen molar-refractivity contribution in [2.45, 2.75) is 26.7 Å². The Morgan fingerprint density at radius 3 is 2.64 bits per heavy atom. The van der Waals surface area contributed by atoms with Gasteiger partial charge < -0.3 is 14.8 Å². The smallest absolute Gasteiger partial charge is 0.287 e. The third-order valence-electron chi connectivity index (χ3n) is 3.70. The SMILES string of the molecule is CC(C)(CO)CCCNC(=O)c1occc1-c1ccccc1. The Morgan fingerprint density at radius 1 is 1.23 bits per heavy atom. The summed E-state index contributed by atoms with van der Waals surface area (Å²) in [5, 5.41) is 12.1. The van der Waals surface area contributed by atoms with Gasteiger partial charge in [0, 0.05) is 18.7 Å². The van der Waals surface area contributed by atoms with Crippen molar-refractivity contribution in [2.75, 3.05) is 13.2 Å². The maximum absolute atomic E-state index is 12.2. The van der Waals surface area contributed by atoms with Crippen molar-refractivity contribution in [3.8, 4) is 11.1 Å². The molecule has 0 aliphatic rings. The first-order chi connectivity index (χ1) is 10.5. The molecule has 2 N–H and O–H groups in total. The van der Waals surface area contributed by atoms with Crippen molar-refractivity contribution < 1.29 is 14.3 Å². The van der Waals surface area contributed by atoms with E-state index in [1.54, 1.807) is 6.07 Å². The Balaban J connectivity index is 1.93. The van der Waals surface area contributed by atoms with Crippen molar-refractivity contribution in [3.63, 3.8) is 0 Å². The molecule has 0 aliphatic carbocycles. The van der Waals surface area contributed by atoms with Gasteiger partial charge in [-0.05, 0) is 29.9 Å². The second kappa shape index (κ2) is 7.27. The van der Waals surface area contributed by atoms with E-state index in [0.29, 0.717) is 12.3 Å². The van der Waals surface area contributed by atoms with Crippen molar-refractivity contribution >= 4 is 5.91 Å². The van der Waals surface area contributed by atoms with E-state index in [0.717, 1.165) is 24.0 Å². The van der Waals surface area contributed by atoms with Crippen LogP contribution in [0.15, 0.2) is 47.1 Å². The largest absolute Gasteiger partial charge is 0.459 e. The highest BCUT2D eigenvalue weighted by atomic mass is 16.3. The van der Waals surface area contributed by atoms with Crippen molar-refractivity contribution in [1.29, 1.82) is 0 Å². The van der Waals surface area contributed by atoms with E-state index >= 15 is 0 Å². The molecule has 1 amide bonds. The highest BCUT2D eigenvalue weighted by Gasteiger charge is 2.18. The van der Waals surface area contributed by atoms with Crippen LogP contribution in [-0.4, -0.2) is 24.2 Å². The van der Waals surface area contributed by atoms with E-state index in [1.165, 1.54) is 6.26 Å². The van der Waals surface area contributed by atoms with E-state index in [2.05, 4.69) is 5.32 Å². The second-order valence-corrected chi connectivity index (χ2v) is 6.21. The molecular weight excluding hydrogens is 278 g/mol. The van der Waals surface area contributed by atoms with Gasteiger partial charge in [0.25, 0.3) is 5.91 Å². The fourth-order valence-corrected chi connectivity index (χ4v) is 2.26. The molecule has 1 aromatic carbocycles. The summed E-state index contributed by atoms with van der Waals surface area (Å²) in [7, 11) is 0. The van der Waals surface area contributed by atoms with Crippen molar-refractivity contribution in [2.24, 2.45) is 5.41 Å². The molecule has 118 valence electrons. The number of rotatable bonds is 7. The van der Waals surface area contributed by atoms with Crippen LogP contribution in [0.1, 0.15) is 37.2 Å². The predicted molar refractivity (Wildman–Crippen MR) is 86.6 cm³/mol. The van der Waals surface area contributed by atoms with Crippen LogP contribution in [0.25, 0.3) is 11.1 Å². The number of carbonyl (C=O) groups is 1. The third-order valence-corrected chi connectivity index (χ3v) is 3.70. The van der Waals surface area contributed by atoms with Crippen LogP contribution < -0.4 is 5.32 Å². The monoisotopic (exact) mass is 301 g/mol. The van der Waals surface area contributed by atoms with Crippen LogP contribution in [-0.2, 0) is 0 Å². The number of aliphatic hydroxyl groups is 1. The topological polar surface area (TPSA) is 62.5 Å². The molecule has 0 saturated carbocycles. The van der Waals surface area contributed by atoms with Gasteiger partial charge in [-0.1, -0.05) is 44.2 Å². The molecule has 4 nitrogen and oxygen atoms in total. The number of amides is 1. The molecular formula is C18H23NO3. The fourth-order valence-electron chi connectivity index (χ4n) is 2.26. The van der Waals surface area contributed by atoms with Gasteiger partial charge in [0.05, 0.1) is 6.26 Å². The van der Waals surface area contributed by atoms with Crippen LogP contribution in [0.2, 0.25) is 0 Å². The molecule has 0 radical (unpaired) electrons. The first kappa shape index (κ1) is 16.3. The number of hydrogen-bond acceptors (Lipinski definition) is 3. The summed E-state index contributed by atoms with van der Waals surface area (Å²) in [6, 6.07) is 11.5. The van der Waals surface area contributed by atoms with Crippen LogP contribution in [0.4, 0.5) is 0 Å². The summed E-state index contributed by atoms with van der Waals surface area (Å²) in [6.45, 7) is 4.73. The minimum atomic E-state index is -0.203. The molecule has 1 aromatic heterocycles. The van der Waals surface area contributed by atoms with Crippen LogP contribution in [0.3, 0.4) is 0 Å². The van der Waals surface area contributed by atoms with Gasteiger partial charge in [-0.15, -0.1) is 0 Å². The Morgan fingerprint density at radius 2 is 1.95 bits per heavy atom. The second-order valence-electron chi connectivity index (χ2n) is 6.21. The molecule has 0 atom stereocenters. The Kier molecular flexibility index (Phi) is 5.39. The molecule has 1 heterocycles. The number of carbonyl (C=O) groups excluding carboxylic acids is 1. The summed E-state index contributed by atoms with van der Waals surface area (Å²) < 4.78 is 5.35. The van der Waals surface area contributed by atoms with Gasteiger partial charge in [-0.3, -0.25) is 4.79 Å². The maximum Gasteiger partial charge on any atom is 0.287 e. The molecule has 4 heteroatoms. The lowest BCUT2D eigenvalue weighted by molar-refractivity contribution is 0.0922. The minimum absolute atomic E-state index is 0.107. The van der Waals surface area contributed by atoms with E-state index < -0.39 is 0 Å². The highest BCUT2D eigenvalue weighted by Crippen LogP contribution is 2.24. The molecule has 22 heavy (non-hydrogen) atoms. The third kappa shape index (κ3) is 4.21. The van der Waals surface area contributed by atoms with E-state index in [4.69, 9.17) is 4.42 Å². The first-order valence-electron chi connectivity index (χ1n) is 7.55. The van der Waals surface area contributed by atoms with Gasteiger partial charge in [0.15, 0.2) is 5.76 Å². The molecule has 2 rings (SSSR count). The zero-order valence-corrected chi connectivity index (χ0v) is 13.1. The zero-order valence-electron chi connectivity index (χ0n) is 13.1. The quantitative estimate of drug-likeness (QED) is 0.770. The molecule has 2 aromatic rings. The number of aliphatic hydroxyl groups excluding tert-OH is 1. The minimum Gasteiger partial charge on any atom is -0.459 e. The Labute approximate surface area is 131 Å². The van der Waals surface area contributed by atoms with Crippen molar-refractivity contribution in [1.82, 2.24) is 5.32 Å². The standard InChI is InChI=1S/C18H23NO3/c1-18(2,13-20)10-6-11-19-17(21)16-15(9-12-22-16)14-7-4-3-5-8-14/h3-5,7-9,12,20H,6,10-11,13H2,1-2H3,(H,19,21). The summed E-state index contributed by atoms with van der Waals surface area (Å²) >= 11 is 0. The average Bonchev–Trinajstić information content (AvgIpc) is 3.02. The molecule has 0 bridgehead atoms. The van der Waals surface area contributed by atoms with Crippen LogP contribution in [0.5, 0.6) is 0 Å². The molecule has 0 fully saturated rings. The lowest BCUT2D eigenvalue weighted by atomic mass is 9.89. The normalized spacial score (nSPS) is 11.4. The van der Waals surface area contributed by atoms with Gasteiger partial charge in [0.1, 0.15) is 0 Å². The predicted octanol–water partition coefficient (Wildman–Crippen LogP) is 3.48. The van der Waals surface area contributed by atoms with Crippen molar-refractivity contribution in [3.05, 3.63) is 48.4 Å². The lowest BCUT2D eigenvalue weighted by Crippen LogP contribution is -2.26. The summed E-state index contributed by atoms with van der Waals surface area (Å²) in [5.74, 6) is 0.137. The van der Waals surface area contributed by atoms with E-state index in [9.17, 15) is 9.90 Å². The lowest BCUT2D eigenvalue weighted by Gasteiger charge is -2.21. The highest BCUT2D eigenvalue weighted by molar-refractivity contribution is 5.98. The molecule has 0 unspecified atom stereocenters. The number of furan rings is 1. The Hall–Kier alpha value is -2.07. The van der Waals surface area contributed by atoms with Crippen LogP contribution >= 0.6 is 0 Å². The van der Waals surface area contributed by atoms with E-state index in [1.807, 2.05) is 44.2 Å². The first-order valence-corrected chi connectivity index (χ1v) is 7.55. The molecule has 0 spiro atoms. The summed E-state index contributed by atoms with van der Waals surface area (Å²) in [5.41, 5.74) is 1.65. The zero-order chi connectivity index (χ0) is 16.0. The summed E-state index contributed by atoms with van der Waals surface area (Å²) in [4.78, 5) is 12.2. The maximum atomic E-state index is 12.2. The average molecular weight is 301 g/mol. The Bertz CT molecular complexity index is 602. The van der Waals surface area contributed by atoms with Gasteiger partial charge >= 0.3 is 0 Å². The van der Waals surface area contributed by atoms with Gasteiger partial charge in [0.2, 0.25) is 0 Å². The number of benzene rings is 1. The van der Waals surface area contributed by atoms with Gasteiger partial charge in [-0.25, -0.2) is 0 Å². The van der Waals surface area contributed by atoms with E-state index in [-0.39, 0.29) is 17.9 Å². The number of nitrogens with one attached hydrogen (secondary N) is 1. The fraction of sp³-hybridized carbons (Fsp3) is 0.389. The van der Waals surface area contributed by atoms with Crippen LogP contribution in [0, 0.1) is 5.41 Å². The summed E-state index contributed by atoms with van der Waals surface area (Å²) in [6.07, 6.45) is 3.21.